The standard InChI is InChI=1S/C32H35ClF3N9O4/c1-7-22-27(43-10-11-44(18(4)17(43)3)31(49)26-28(47)16(2)38-15-39-26)29(48)25-30(37-13-23(41-25)42(5)6)45(22)14-24(46)40-21-9-8-19(12-20(21)33)32(34,35)36/h8-9,12-13,15,17-18,47H,7,10-11,14H2,1-6H3,(H,40,46)/t17-,18+/m1/s1. The molecule has 1 aliphatic rings. The van der Waals surface area contributed by atoms with Crippen LogP contribution >= 0.6 is 11.6 Å². The Morgan fingerprint density at radius 3 is 2.47 bits per heavy atom. The Kier molecular flexibility index (Phi) is 9.72. The molecule has 2 N–H and O–H groups in total. The molecule has 2 atom stereocenters. The summed E-state index contributed by atoms with van der Waals surface area (Å²) in [5.41, 5.74) is -0.314. The third kappa shape index (κ3) is 6.69. The Morgan fingerprint density at radius 1 is 1.12 bits per heavy atom. The van der Waals surface area contributed by atoms with Crippen LogP contribution in [0, 0.1) is 6.92 Å². The number of rotatable bonds is 7. The second-order valence-electron chi connectivity index (χ2n) is 11.9. The first-order valence-electron chi connectivity index (χ1n) is 15.4. The van der Waals surface area contributed by atoms with Gasteiger partial charge in [-0.2, -0.15) is 13.2 Å². The van der Waals surface area contributed by atoms with Crippen molar-refractivity contribution in [1.29, 1.82) is 0 Å². The molecule has 3 aromatic heterocycles. The first kappa shape index (κ1) is 35.3. The number of halogens is 4. The normalized spacial score (nSPS) is 16.6. The number of hydrogen-bond acceptors (Lipinski definition) is 10. The molecule has 0 spiro atoms. The van der Waals surface area contributed by atoms with Gasteiger partial charge in [-0.15, -0.1) is 0 Å². The second-order valence-corrected chi connectivity index (χ2v) is 12.3. The van der Waals surface area contributed by atoms with Crippen molar-refractivity contribution in [3.8, 4) is 5.75 Å². The molecule has 1 fully saturated rings. The molecule has 2 amide bonds. The van der Waals surface area contributed by atoms with Crippen LogP contribution in [0.1, 0.15) is 48.2 Å². The number of nitrogens with zero attached hydrogens (tertiary/aromatic N) is 8. The molecular formula is C32H35ClF3N9O4. The molecule has 1 aliphatic heterocycles. The molecule has 0 unspecified atom stereocenters. The number of aryl methyl sites for hydroxylation is 1. The quantitative estimate of drug-likeness (QED) is 0.286. The van der Waals surface area contributed by atoms with Crippen molar-refractivity contribution >= 4 is 51.8 Å². The van der Waals surface area contributed by atoms with Crippen molar-refractivity contribution in [3.63, 3.8) is 0 Å². The molecule has 0 aliphatic carbocycles. The fourth-order valence-electron chi connectivity index (χ4n) is 5.89. The van der Waals surface area contributed by atoms with Crippen molar-refractivity contribution in [1.82, 2.24) is 29.4 Å². The molecular weight excluding hydrogens is 667 g/mol. The van der Waals surface area contributed by atoms with E-state index in [1.807, 2.05) is 25.7 Å². The molecule has 1 aromatic carbocycles. The number of piperazine rings is 1. The number of pyridine rings is 1. The van der Waals surface area contributed by atoms with Crippen LogP contribution in [-0.4, -0.2) is 85.6 Å². The predicted molar refractivity (Wildman–Crippen MR) is 178 cm³/mol. The van der Waals surface area contributed by atoms with E-state index in [-0.39, 0.29) is 64.3 Å². The van der Waals surface area contributed by atoms with Gasteiger partial charge >= 0.3 is 6.18 Å². The summed E-state index contributed by atoms with van der Waals surface area (Å²) in [7, 11) is 3.49. The highest BCUT2D eigenvalue weighted by atomic mass is 35.5. The summed E-state index contributed by atoms with van der Waals surface area (Å²) in [5, 5.41) is 12.8. The Labute approximate surface area is 284 Å². The van der Waals surface area contributed by atoms with Crippen molar-refractivity contribution in [2.24, 2.45) is 0 Å². The number of aromatic hydroxyl groups is 1. The minimum Gasteiger partial charge on any atom is -0.504 e. The van der Waals surface area contributed by atoms with E-state index >= 15 is 0 Å². The predicted octanol–water partition coefficient (Wildman–Crippen LogP) is 4.27. The van der Waals surface area contributed by atoms with E-state index in [4.69, 9.17) is 11.6 Å². The van der Waals surface area contributed by atoms with Crippen molar-refractivity contribution in [2.75, 3.05) is 42.3 Å². The number of carbonyl (C=O) groups excluding carboxylic acids is 2. The fraction of sp³-hybridized carbons (Fsp3) is 0.406. The molecule has 260 valence electrons. The Bertz CT molecular complexity index is 2000. The number of fused-ring (bicyclic) bond motifs is 1. The van der Waals surface area contributed by atoms with E-state index in [2.05, 4.69) is 25.3 Å². The summed E-state index contributed by atoms with van der Waals surface area (Å²) in [6.45, 7) is 7.13. The van der Waals surface area contributed by atoms with Crippen LogP contribution in [0.25, 0.3) is 11.2 Å². The highest BCUT2D eigenvalue weighted by molar-refractivity contribution is 6.33. The summed E-state index contributed by atoms with van der Waals surface area (Å²) in [4.78, 5) is 63.5. The second kappa shape index (κ2) is 13.5. The van der Waals surface area contributed by atoms with Crippen LogP contribution in [0.5, 0.6) is 5.75 Å². The maximum atomic E-state index is 14.3. The molecule has 17 heteroatoms. The highest BCUT2D eigenvalue weighted by Gasteiger charge is 2.38. The van der Waals surface area contributed by atoms with Crippen molar-refractivity contribution < 1.29 is 27.9 Å². The fourth-order valence-corrected chi connectivity index (χ4v) is 6.12. The average Bonchev–Trinajstić information content (AvgIpc) is 3.05. The van der Waals surface area contributed by atoms with Gasteiger partial charge in [-0.1, -0.05) is 18.5 Å². The Balaban J connectivity index is 1.56. The molecule has 4 aromatic rings. The number of hydrogen-bond donors (Lipinski definition) is 2. The molecule has 0 saturated carbocycles. The Hall–Kier alpha value is -4.99. The van der Waals surface area contributed by atoms with E-state index in [0.717, 1.165) is 18.2 Å². The summed E-state index contributed by atoms with van der Waals surface area (Å²) in [5.74, 6) is -0.994. The molecule has 0 bridgehead atoms. The molecule has 5 rings (SSSR count). The van der Waals surface area contributed by atoms with Gasteiger partial charge in [0.1, 0.15) is 24.4 Å². The van der Waals surface area contributed by atoms with Gasteiger partial charge in [0.25, 0.3) is 5.91 Å². The van der Waals surface area contributed by atoms with Gasteiger partial charge in [0.2, 0.25) is 11.3 Å². The van der Waals surface area contributed by atoms with Crippen molar-refractivity contribution in [3.05, 3.63) is 68.6 Å². The summed E-state index contributed by atoms with van der Waals surface area (Å²) in [6, 6.07) is 1.76. The third-order valence-corrected chi connectivity index (χ3v) is 9.02. The van der Waals surface area contributed by atoms with E-state index in [9.17, 15) is 32.7 Å². The van der Waals surface area contributed by atoms with Crippen LogP contribution < -0.4 is 20.5 Å². The van der Waals surface area contributed by atoms with E-state index in [0.29, 0.717) is 17.9 Å². The minimum absolute atomic E-state index is 0.0125. The molecule has 0 radical (unpaired) electrons. The molecule has 1 saturated heterocycles. The van der Waals surface area contributed by atoms with Crippen molar-refractivity contribution in [2.45, 2.75) is 58.9 Å². The lowest BCUT2D eigenvalue weighted by Gasteiger charge is -2.46. The number of anilines is 3. The lowest BCUT2D eigenvalue weighted by molar-refractivity contribution is -0.137. The molecule has 49 heavy (non-hydrogen) atoms. The van der Waals surface area contributed by atoms with Crippen LogP contribution in [0.15, 0.2) is 35.5 Å². The zero-order chi connectivity index (χ0) is 35.9. The topological polar surface area (TPSA) is 150 Å². The first-order valence-corrected chi connectivity index (χ1v) is 15.8. The van der Waals surface area contributed by atoms with Gasteiger partial charge in [-0.05, 0) is 45.4 Å². The number of nitrogens with one attached hydrogen (secondary N) is 1. The smallest absolute Gasteiger partial charge is 0.416 e. The SMILES string of the molecule is CCc1c(N2CCN(C(=O)c3ncnc(C)c3O)[C@@H](C)[C@H]2C)c(=O)c2nc(N(C)C)cnc2n1CC(=O)Nc1ccc(C(F)(F)F)cc1Cl. The summed E-state index contributed by atoms with van der Waals surface area (Å²) >= 11 is 6.10. The number of aromatic nitrogens is 5. The van der Waals surface area contributed by atoms with Gasteiger partial charge in [-0.25, -0.2) is 19.9 Å². The number of benzene rings is 1. The zero-order valence-corrected chi connectivity index (χ0v) is 28.4. The molecule has 13 nitrogen and oxygen atoms in total. The van der Waals surface area contributed by atoms with Gasteiger partial charge in [0.15, 0.2) is 22.6 Å². The van der Waals surface area contributed by atoms with Gasteiger partial charge < -0.3 is 29.7 Å². The number of amides is 2. The number of alkyl halides is 3. The van der Waals surface area contributed by atoms with Gasteiger partial charge in [0.05, 0.1) is 28.2 Å². The maximum Gasteiger partial charge on any atom is 0.416 e. The Morgan fingerprint density at radius 2 is 1.84 bits per heavy atom. The molecule has 4 heterocycles. The zero-order valence-electron chi connectivity index (χ0n) is 27.6. The van der Waals surface area contributed by atoms with Crippen LogP contribution in [-0.2, 0) is 23.9 Å². The lowest BCUT2D eigenvalue weighted by atomic mass is 10.0. The lowest BCUT2D eigenvalue weighted by Crippen LogP contribution is -2.60. The third-order valence-electron chi connectivity index (χ3n) is 8.71. The van der Waals surface area contributed by atoms with Crippen LogP contribution in [0.3, 0.4) is 0 Å². The highest BCUT2D eigenvalue weighted by Crippen LogP contribution is 2.34. The van der Waals surface area contributed by atoms with Gasteiger partial charge in [0, 0.05) is 45.0 Å². The first-order chi connectivity index (χ1) is 23.0. The van der Waals surface area contributed by atoms with E-state index in [1.165, 1.54) is 12.5 Å². The average molecular weight is 702 g/mol. The minimum atomic E-state index is -4.61. The van der Waals surface area contributed by atoms with Crippen LogP contribution in [0.2, 0.25) is 5.02 Å². The van der Waals surface area contributed by atoms with E-state index < -0.39 is 41.1 Å². The summed E-state index contributed by atoms with van der Waals surface area (Å²) < 4.78 is 41.1. The number of carbonyl (C=O) groups is 2. The maximum absolute atomic E-state index is 14.3. The van der Waals surface area contributed by atoms with Gasteiger partial charge in [-0.3, -0.25) is 14.4 Å². The monoisotopic (exact) mass is 701 g/mol. The largest absolute Gasteiger partial charge is 0.504 e. The van der Waals surface area contributed by atoms with E-state index in [1.54, 1.807) is 35.4 Å². The van der Waals surface area contributed by atoms with Crippen LogP contribution in [0.4, 0.5) is 30.4 Å². The summed E-state index contributed by atoms with van der Waals surface area (Å²) in [6.07, 6.45) is -1.63.